The molecule has 2 rings (SSSR count). The Bertz CT molecular complexity index is 621. The van der Waals surface area contributed by atoms with Gasteiger partial charge in [-0.15, -0.1) is 8.78 Å². The molecule has 2 unspecified atom stereocenters. The van der Waals surface area contributed by atoms with Crippen LogP contribution in [0.1, 0.15) is 19.4 Å². The number of ether oxygens (including phenoxy) is 2. The zero-order valence-electron chi connectivity index (χ0n) is 12.8. The first-order valence-electron chi connectivity index (χ1n) is 6.87. The lowest BCUT2D eigenvalue weighted by molar-refractivity contribution is -0.143. The van der Waals surface area contributed by atoms with Crippen molar-refractivity contribution < 1.29 is 23.0 Å². The van der Waals surface area contributed by atoms with E-state index in [1.165, 1.54) is 19.2 Å². The normalized spacial score (nSPS) is 23.3. The molecule has 0 aliphatic heterocycles. The summed E-state index contributed by atoms with van der Waals surface area (Å²) < 4.78 is 34.1. The molecule has 1 fully saturated rings. The Labute approximate surface area is 143 Å². The number of allylic oxidation sites excluding steroid dienone is 1. The molecule has 1 aromatic rings. The van der Waals surface area contributed by atoms with Gasteiger partial charge in [-0.1, -0.05) is 31.5 Å². The number of carbonyl (C=O) groups is 1. The van der Waals surface area contributed by atoms with Crippen LogP contribution in [0.3, 0.4) is 0 Å². The van der Waals surface area contributed by atoms with Crippen LogP contribution in [0.15, 0.2) is 30.3 Å². The Balaban J connectivity index is 2.12. The van der Waals surface area contributed by atoms with Crippen LogP contribution < -0.4 is 4.74 Å². The lowest BCUT2D eigenvalue weighted by Gasteiger charge is -2.10. The summed E-state index contributed by atoms with van der Waals surface area (Å²) in [7, 11) is 1.35. The van der Waals surface area contributed by atoms with Gasteiger partial charge in [0, 0.05) is 16.6 Å². The smallest absolute Gasteiger partial charge is 0.469 e. The van der Waals surface area contributed by atoms with Gasteiger partial charge in [-0.05, 0) is 41.2 Å². The fourth-order valence-corrected chi connectivity index (χ4v) is 2.99. The topological polar surface area (TPSA) is 35.5 Å². The molecule has 2 atom stereocenters. The molecule has 0 N–H and O–H groups in total. The molecule has 126 valence electrons. The molecule has 7 heteroatoms. The molecule has 1 aliphatic carbocycles. The first kappa shape index (κ1) is 18.0. The van der Waals surface area contributed by atoms with Crippen LogP contribution in [-0.2, 0) is 9.53 Å². The molecular formula is C16H16Cl2F2O3. The lowest BCUT2D eigenvalue weighted by Crippen LogP contribution is -2.15. The third-order valence-corrected chi connectivity index (χ3v) is 4.48. The predicted octanol–water partition coefficient (Wildman–Crippen LogP) is 4.88. The van der Waals surface area contributed by atoms with Crippen LogP contribution in [0.5, 0.6) is 5.75 Å². The van der Waals surface area contributed by atoms with Crippen molar-refractivity contribution in [2.45, 2.75) is 19.4 Å². The Kier molecular flexibility index (Phi) is 4.92. The quantitative estimate of drug-likeness (QED) is 0.551. The van der Waals surface area contributed by atoms with Gasteiger partial charge in [0.25, 0.3) is 0 Å². The van der Waals surface area contributed by atoms with Crippen molar-refractivity contribution >= 4 is 34.2 Å². The maximum Gasteiger partial charge on any atom is 0.487 e. The van der Waals surface area contributed by atoms with E-state index in [4.69, 9.17) is 27.9 Å². The average Bonchev–Trinajstić information content (AvgIpc) is 2.98. The highest BCUT2D eigenvalue weighted by atomic mass is 35.5. The molecule has 0 spiro atoms. The zero-order valence-corrected chi connectivity index (χ0v) is 14.3. The summed E-state index contributed by atoms with van der Waals surface area (Å²) in [4.78, 5) is 11.7. The average molecular weight is 365 g/mol. The van der Waals surface area contributed by atoms with E-state index in [0.29, 0.717) is 10.6 Å². The molecule has 0 radical (unpaired) electrons. The maximum absolute atomic E-state index is 12.5. The van der Waals surface area contributed by atoms with E-state index >= 15 is 0 Å². The Morgan fingerprint density at radius 3 is 2.35 bits per heavy atom. The van der Waals surface area contributed by atoms with Crippen molar-refractivity contribution in [3.05, 3.63) is 35.9 Å². The number of hydrogen-bond acceptors (Lipinski definition) is 3. The van der Waals surface area contributed by atoms with Crippen LogP contribution in [-0.4, -0.2) is 18.6 Å². The standard InChI is InChI=1S/C16H16Cl2F2O3/c1-15(2)11(13(15)14(21)22-3)8-12(17)9-4-6-10(7-5-9)23-16(18,19)20/h4-8,11,13H,1-3H3. The summed E-state index contributed by atoms with van der Waals surface area (Å²) in [6.07, 6.45) is 1.79. The van der Waals surface area contributed by atoms with Crippen molar-refractivity contribution in [3.8, 4) is 5.75 Å². The summed E-state index contributed by atoms with van der Waals surface area (Å²) >= 11 is 11.0. The first-order valence-corrected chi connectivity index (χ1v) is 7.63. The van der Waals surface area contributed by atoms with Gasteiger partial charge in [-0.2, -0.15) is 0 Å². The third kappa shape index (κ3) is 4.15. The van der Waals surface area contributed by atoms with Crippen molar-refractivity contribution in [2.24, 2.45) is 17.3 Å². The third-order valence-electron chi connectivity index (χ3n) is 4.06. The highest BCUT2D eigenvalue weighted by molar-refractivity contribution is 6.48. The SMILES string of the molecule is COC(=O)C1C(C=C(Cl)c2ccc(OC(F)(F)Cl)cc2)C1(C)C. The molecule has 0 saturated heterocycles. The second kappa shape index (κ2) is 6.29. The summed E-state index contributed by atoms with van der Waals surface area (Å²) in [6, 6.07) is 5.77. The van der Waals surface area contributed by atoms with Gasteiger partial charge in [-0.25, -0.2) is 0 Å². The molecule has 0 amide bonds. The van der Waals surface area contributed by atoms with Gasteiger partial charge in [0.05, 0.1) is 13.0 Å². The van der Waals surface area contributed by atoms with E-state index in [2.05, 4.69) is 4.74 Å². The maximum atomic E-state index is 12.5. The molecule has 0 bridgehead atoms. The number of hydrogen-bond donors (Lipinski definition) is 0. The molecule has 0 aromatic heterocycles. The van der Waals surface area contributed by atoms with Gasteiger partial charge >= 0.3 is 11.5 Å². The first-order chi connectivity index (χ1) is 10.6. The van der Waals surface area contributed by atoms with Crippen molar-refractivity contribution in [1.82, 2.24) is 0 Å². The summed E-state index contributed by atoms with van der Waals surface area (Å²) in [5, 5.41) is 0.429. The van der Waals surface area contributed by atoms with E-state index < -0.39 is 5.57 Å². The van der Waals surface area contributed by atoms with Crippen molar-refractivity contribution in [2.75, 3.05) is 7.11 Å². The summed E-state index contributed by atoms with van der Waals surface area (Å²) in [6.45, 7) is 3.92. The van der Waals surface area contributed by atoms with Gasteiger partial charge < -0.3 is 9.47 Å². The zero-order chi connectivity index (χ0) is 17.4. The number of rotatable bonds is 5. The van der Waals surface area contributed by atoms with E-state index in [-0.39, 0.29) is 29.0 Å². The number of halogens is 4. The van der Waals surface area contributed by atoms with Crippen LogP contribution in [0.4, 0.5) is 8.78 Å². The molecular weight excluding hydrogens is 349 g/mol. The summed E-state index contributed by atoms with van der Waals surface area (Å²) in [5.74, 6) is -0.615. The Morgan fingerprint density at radius 2 is 1.87 bits per heavy atom. The van der Waals surface area contributed by atoms with Crippen molar-refractivity contribution in [3.63, 3.8) is 0 Å². The second-order valence-corrected chi connectivity index (χ2v) is 6.78. The van der Waals surface area contributed by atoms with Crippen molar-refractivity contribution in [1.29, 1.82) is 0 Å². The highest BCUT2D eigenvalue weighted by Gasteiger charge is 2.61. The van der Waals surface area contributed by atoms with Crippen LogP contribution >= 0.6 is 23.2 Å². The van der Waals surface area contributed by atoms with Gasteiger partial charge in [-0.3, -0.25) is 4.79 Å². The van der Waals surface area contributed by atoms with E-state index in [1.807, 2.05) is 13.8 Å². The lowest BCUT2D eigenvalue weighted by atomic mass is 10.1. The fourth-order valence-electron chi connectivity index (χ4n) is 2.64. The summed E-state index contributed by atoms with van der Waals surface area (Å²) in [5.41, 5.74) is -3.35. The van der Waals surface area contributed by atoms with E-state index in [1.54, 1.807) is 18.2 Å². The van der Waals surface area contributed by atoms with Crippen LogP contribution in [0.25, 0.3) is 5.03 Å². The molecule has 0 heterocycles. The molecule has 1 aromatic carbocycles. The largest absolute Gasteiger partial charge is 0.487 e. The minimum absolute atomic E-state index is 0.0365. The van der Waals surface area contributed by atoms with Gasteiger partial charge in [0.1, 0.15) is 5.75 Å². The number of carbonyl (C=O) groups excluding carboxylic acids is 1. The Hall–Kier alpha value is -1.33. The minimum atomic E-state index is -3.76. The van der Waals surface area contributed by atoms with E-state index in [9.17, 15) is 13.6 Å². The number of methoxy groups -OCH3 is 1. The second-order valence-electron chi connectivity index (χ2n) is 5.93. The number of alkyl halides is 3. The van der Waals surface area contributed by atoms with Gasteiger partial charge in [0.15, 0.2) is 0 Å². The molecule has 3 nitrogen and oxygen atoms in total. The van der Waals surface area contributed by atoms with Crippen LogP contribution in [0, 0.1) is 17.3 Å². The van der Waals surface area contributed by atoms with E-state index in [0.717, 1.165) is 0 Å². The van der Waals surface area contributed by atoms with Crippen LogP contribution in [0.2, 0.25) is 0 Å². The minimum Gasteiger partial charge on any atom is -0.469 e. The number of benzene rings is 1. The monoisotopic (exact) mass is 364 g/mol. The fraction of sp³-hybridized carbons (Fsp3) is 0.438. The predicted molar refractivity (Wildman–Crippen MR) is 84.5 cm³/mol. The number of esters is 1. The molecule has 23 heavy (non-hydrogen) atoms. The molecule has 1 aliphatic rings. The molecule has 1 saturated carbocycles. The Morgan fingerprint density at radius 1 is 1.30 bits per heavy atom. The highest BCUT2D eigenvalue weighted by Crippen LogP contribution is 2.60. The van der Waals surface area contributed by atoms with Gasteiger partial charge in [0.2, 0.25) is 0 Å².